The maximum absolute atomic E-state index is 9.03. The molecule has 0 spiro atoms. The normalized spacial score (nSPS) is 24.0. The number of aliphatic hydroxyl groups excluding tert-OH is 1. The Labute approximate surface area is 100 Å². The van der Waals surface area contributed by atoms with Gasteiger partial charge in [-0.25, -0.2) is 4.98 Å². The highest BCUT2D eigenvalue weighted by atomic mass is 16.5. The molecule has 0 saturated heterocycles. The van der Waals surface area contributed by atoms with Gasteiger partial charge in [-0.05, 0) is 37.7 Å². The van der Waals surface area contributed by atoms with Crippen LogP contribution in [0.2, 0.25) is 0 Å². The zero-order chi connectivity index (χ0) is 12.1. The van der Waals surface area contributed by atoms with E-state index in [1.54, 1.807) is 6.07 Å². The first-order chi connectivity index (χ1) is 8.31. The van der Waals surface area contributed by atoms with Crippen LogP contribution in [-0.4, -0.2) is 27.8 Å². The van der Waals surface area contributed by atoms with Crippen LogP contribution in [0.1, 0.15) is 31.4 Å². The molecule has 2 rings (SSSR count). The van der Waals surface area contributed by atoms with Crippen LogP contribution in [-0.2, 0) is 0 Å². The van der Waals surface area contributed by atoms with Crippen LogP contribution in [0.15, 0.2) is 12.3 Å². The molecule has 90 valence electrons. The largest absolute Gasteiger partial charge is 0.460 e. The average Bonchev–Trinajstić information content (AvgIpc) is 2.40. The van der Waals surface area contributed by atoms with Gasteiger partial charge < -0.3 is 9.84 Å². The van der Waals surface area contributed by atoms with E-state index < -0.39 is 0 Å². The molecule has 1 aliphatic rings. The molecular formula is C12H15N3O2. The number of nitrogens with zero attached hydrogens (tertiary/aromatic N) is 3. The maximum Gasteiger partial charge on any atom is 0.317 e. The molecule has 1 aromatic rings. The average molecular weight is 233 g/mol. The SMILES string of the molecule is N#Cc1ccnc(OC2CCC(CO)CC2)n1. The van der Waals surface area contributed by atoms with Crippen molar-refractivity contribution in [2.45, 2.75) is 31.8 Å². The van der Waals surface area contributed by atoms with Crippen molar-refractivity contribution < 1.29 is 9.84 Å². The van der Waals surface area contributed by atoms with E-state index >= 15 is 0 Å². The molecule has 0 aromatic carbocycles. The second-order valence-corrected chi connectivity index (χ2v) is 4.28. The first-order valence-electron chi connectivity index (χ1n) is 5.82. The highest BCUT2D eigenvalue weighted by molar-refractivity contribution is 5.19. The molecule has 0 aliphatic heterocycles. The molecule has 1 aliphatic carbocycles. The summed E-state index contributed by atoms with van der Waals surface area (Å²) in [5, 5.41) is 17.7. The van der Waals surface area contributed by atoms with Crippen LogP contribution in [0.25, 0.3) is 0 Å². The molecule has 5 nitrogen and oxygen atoms in total. The number of hydrogen-bond acceptors (Lipinski definition) is 5. The third-order valence-corrected chi connectivity index (χ3v) is 3.07. The van der Waals surface area contributed by atoms with Crippen molar-refractivity contribution >= 4 is 0 Å². The van der Waals surface area contributed by atoms with Gasteiger partial charge in [-0.1, -0.05) is 0 Å². The summed E-state index contributed by atoms with van der Waals surface area (Å²) in [7, 11) is 0. The van der Waals surface area contributed by atoms with Crippen molar-refractivity contribution in [2.24, 2.45) is 5.92 Å². The molecule has 17 heavy (non-hydrogen) atoms. The van der Waals surface area contributed by atoms with Crippen molar-refractivity contribution in [1.29, 1.82) is 5.26 Å². The van der Waals surface area contributed by atoms with Crippen molar-refractivity contribution in [1.82, 2.24) is 9.97 Å². The molecule has 1 aromatic heterocycles. The molecule has 0 radical (unpaired) electrons. The Morgan fingerprint density at radius 3 is 2.82 bits per heavy atom. The standard InChI is InChI=1S/C12H15N3O2/c13-7-10-5-6-14-12(15-10)17-11-3-1-9(8-16)2-4-11/h5-6,9,11,16H,1-4,8H2. The molecular weight excluding hydrogens is 218 g/mol. The van der Waals surface area contributed by atoms with Gasteiger partial charge in [-0.2, -0.15) is 10.2 Å². The smallest absolute Gasteiger partial charge is 0.317 e. The fourth-order valence-corrected chi connectivity index (χ4v) is 2.04. The van der Waals surface area contributed by atoms with E-state index in [0.717, 1.165) is 25.7 Å². The molecule has 0 atom stereocenters. The minimum absolute atomic E-state index is 0.103. The summed E-state index contributed by atoms with van der Waals surface area (Å²) in [6.07, 6.45) is 5.39. The van der Waals surface area contributed by atoms with E-state index in [-0.39, 0.29) is 18.7 Å². The van der Waals surface area contributed by atoms with Gasteiger partial charge in [0.25, 0.3) is 0 Å². The monoisotopic (exact) mass is 233 g/mol. The fourth-order valence-electron chi connectivity index (χ4n) is 2.04. The Bertz CT molecular complexity index is 408. The van der Waals surface area contributed by atoms with Gasteiger partial charge in [0, 0.05) is 12.8 Å². The zero-order valence-electron chi connectivity index (χ0n) is 9.54. The van der Waals surface area contributed by atoms with Crippen molar-refractivity contribution in [3.05, 3.63) is 18.0 Å². The lowest BCUT2D eigenvalue weighted by atomic mass is 9.88. The molecule has 0 bridgehead atoms. The summed E-state index contributed by atoms with van der Waals surface area (Å²) in [6, 6.07) is 3.78. The molecule has 5 heteroatoms. The second-order valence-electron chi connectivity index (χ2n) is 4.28. The van der Waals surface area contributed by atoms with Gasteiger partial charge >= 0.3 is 6.01 Å². The number of aliphatic hydroxyl groups is 1. The second kappa shape index (κ2) is 5.60. The van der Waals surface area contributed by atoms with E-state index in [4.69, 9.17) is 15.1 Å². The topological polar surface area (TPSA) is 79.0 Å². The molecule has 0 unspecified atom stereocenters. The van der Waals surface area contributed by atoms with Gasteiger partial charge in [-0.15, -0.1) is 0 Å². The first-order valence-corrected chi connectivity index (χ1v) is 5.82. The summed E-state index contributed by atoms with van der Waals surface area (Å²) in [5.41, 5.74) is 0.319. The lowest BCUT2D eigenvalue weighted by molar-refractivity contribution is 0.0965. The number of ether oxygens (including phenoxy) is 1. The zero-order valence-corrected chi connectivity index (χ0v) is 9.54. The van der Waals surface area contributed by atoms with Gasteiger partial charge in [0.15, 0.2) is 0 Å². The Morgan fingerprint density at radius 2 is 2.18 bits per heavy atom. The van der Waals surface area contributed by atoms with E-state index in [2.05, 4.69) is 9.97 Å². The van der Waals surface area contributed by atoms with Crippen LogP contribution in [0.3, 0.4) is 0 Å². The quantitative estimate of drug-likeness (QED) is 0.850. The van der Waals surface area contributed by atoms with Crippen LogP contribution >= 0.6 is 0 Å². The number of rotatable bonds is 3. The summed E-state index contributed by atoms with van der Waals surface area (Å²) in [4.78, 5) is 7.97. The van der Waals surface area contributed by atoms with Gasteiger partial charge in [0.1, 0.15) is 17.9 Å². The maximum atomic E-state index is 9.03. The van der Waals surface area contributed by atoms with Crippen LogP contribution in [0.4, 0.5) is 0 Å². The van der Waals surface area contributed by atoms with Crippen molar-refractivity contribution in [3.8, 4) is 12.1 Å². The summed E-state index contributed by atoms with van der Waals surface area (Å²) < 4.78 is 5.64. The Balaban J connectivity index is 1.91. The summed E-state index contributed by atoms with van der Waals surface area (Å²) in [6.45, 7) is 0.257. The van der Waals surface area contributed by atoms with E-state index in [1.165, 1.54) is 6.20 Å². The highest BCUT2D eigenvalue weighted by Gasteiger charge is 2.22. The number of hydrogen-bond donors (Lipinski definition) is 1. The third-order valence-electron chi connectivity index (χ3n) is 3.07. The predicted octanol–water partition coefficient (Wildman–Crippen LogP) is 1.28. The Hall–Kier alpha value is -1.67. The van der Waals surface area contributed by atoms with Gasteiger partial charge in [-0.3, -0.25) is 0 Å². The highest BCUT2D eigenvalue weighted by Crippen LogP contribution is 2.26. The van der Waals surface area contributed by atoms with Crippen molar-refractivity contribution in [3.63, 3.8) is 0 Å². The third kappa shape index (κ3) is 3.14. The molecule has 1 heterocycles. The number of aromatic nitrogens is 2. The molecule has 0 amide bonds. The molecule has 1 N–H and O–H groups in total. The minimum atomic E-state index is 0.103. The van der Waals surface area contributed by atoms with Gasteiger partial charge in [0.2, 0.25) is 0 Å². The lowest BCUT2D eigenvalue weighted by Crippen LogP contribution is -2.26. The van der Waals surface area contributed by atoms with Crippen LogP contribution < -0.4 is 4.74 Å². The van der Waals surface area contributed by atoms with E-state index in [1.807, 2.05) is 6.07 Å². The predicted molar refractivity (Wildman–Crippen MR) is 60.2 cm³/mol. The summed E-state index contributed by atoms with van der Waals surface area (Å²) >= 11 is 0. The Kier molecular flexibility index (Phi) is 3.89. The lowest BCUT2D eigenvalue weighted by Gasteiger charge is -2.26. The van der Waals surface area contributed by atoms with Crippen LogP contribution in [0.5, 0.6) is 6.01 Å². The van der Waals surface area contributed by atoms with Crippen molar-refractivity contribution in [2.75, 3.05) is 6.61 Å². The summed E-state index contributed by atoms with van der Waals surface area (Å²) in [5.74, 6) is 0.404. The first kappa shape index (κ1) is 11.8. The van der Waals surface area contributed by atoms with Crippen LogP contribution in [0, 0.1) is 17.2 Å². The molecule has 1 saturated carbocycles. The minimum Gasteiger partial charge on any atom is -0.460 e. The Morgan fingerprint density at radius 1 is 1.41 bits per heavy atom. The number of nitriles is 1. The van der Waals surface area contributed by atoms with E-state index in [0.29, 0.717) is 11.6 Å². The molecule has 1 fully saturated rings. The fraction of sp³-hybridized carbons (Fsp3) is 0.583. The van der Waals surface area contributed by atoms with E-state index in [9.17, 15) is 0 Å². The van der Waals surface area contributed by atoms with Gasteiger partial charge in [0.05, 0.1) is 0 Å².